The Morgan fingerprint density at radius 2 is 2.04 bits per heavy atom. The molecule has 7 heteroatoms. The van der Waals surface area contributed by atoms with Crippen LogP contribution in [-0.2, 0) is 9.53 Å². The maximum atomic E-state index is 12.6. The highest BCUT2D eigenvalue weighted by Crippen LogP contribution is 2.25. The van der Waals surface area contributed by atoms with E-state index in [9.17, 15) is 9.59 Å². The lowest BCUT2D eigenvalue weighted by molar-refractivity contribution is -0.127. The molecule has 2 fully saturated rings. The van der Waals surface area contributed by atoms with E-state index in [1.165, 1.54) is 0 Å². The maximum absolute atomic E-state index is 12.6. The number of methoxy groups -OCH3 is 1. The van der Waals surface area contributed by atoms with E-state index < -0.39 is 0 Å². The van der Waals surface area contributed by atoms with E-state index in [1.807, 2.05) is 17.9 Å². The van der Waals surface area contributed by atoms with E-state index in [-0.39, 0.29) is 17.7 Å². The highest BCUT2D eigenvalue weighted by Gasteiger charge is 2.33. The topological polar surface area (TPSA) is 75.0 Å². The van der Waals surface area contributed by atoms with Gasteiger partial charge in [0.25, 0.3) is 5.91 Å². The van der Waals surface area contributed by atoms with Gasteiger partial charge in [0.05, 0.1) is 18.8 Å². The van der Waals surface area contributed by atoms with Crippen LogP contribution in [0.1, 0.15) is 41.8 Å². The predicted molar refractivity (Wildman–Crippen MR) is 102 cm³/mol. The Hall–Kier alpha value is -1.86. The molecule has 0 saturated carbocycles. The van der Waals surface area contributed by atoms with Crippen LogP contribution in [0.4, 0.5) is 0 Å². The first-order chi connectivity index (χ1) is 13.1. The van der Waals surface area contributed by atoms with Gasteiger partial charge in [0.1, 0.15) is 0 Å². The molecule has 0 aliphatic carbocycles. The summed E-state index contributed by atoms with van der Waals surface area (Å²) in [5.41, 5.74) is 0.889. The number of hydrogen-bond acceptors (Lipinski definition) is 5. The average Bonchev–Trinajstić information content (AvgIpc) is 3.13. The summed E-state index contributed by atoms with van der Waals surface area (Å²) >= 11 is 0. The minimum atomic E-state index is -0.00927. The Kier molecular flexibility index (Phi) is 6.90. The van der Waals surface area contributed by atoms with Crippen LogP contribution >= 0.6 is 0 Å². The van der Waals surface area contributed by atoms with Crippen molar-refractivity contribution in [2.75, 3.05) is 46.4 Å². The third kappa shape index (κ3) is 4.90. The first-order valence-corrected chi connectivity index (χ1v) is 9.94. The standard InChI is InChI=1S/C20H31N3O4/c1-15-7-12-27-18(15)20(25)22-10-5-17(6-11-22)23-9-3-4-16(14-23)19(24)21-8-13-26-2/h7,12,16-17H,3-6,8-11,13-14H2,1-2H3,(H,21,24)/t16-/m0/s1. The Morgan fingerprint density at radius 3 is 2.70 bits per heavy atom. The number of carbonyl (C=O) groups excluding carboxylic acids is 2. The first-order valence-electron chi connectivity index (χ1n) is 9.94. The van der Waals surface area contributed by atoms with Gasteiger partial charge in [-0.05, 0) is 45.2 Å². The summed E-state index contributed by atoms with van der Waals surface area (Å²) in [6.45, 7) is 6.35. The van der Waals surface area contributed by atoms with Gasteiger partial charge < -0.3 is 19.4 Å². The van der Waals surface area contributed by atoms with Crippen LogP contribution in [0.25, 0.3) is 0 Å². The largest absolute Gasteiger partial charge is 0.459 e. The predicted octanol–water partition coefficient (Wildman–Crippen LogP) is 1.67. The zero-order valence-corrected chi connectivity index (χ0v) is 16.4. The van der Waals surface area contributed by atoms with Crippen LogP contribution in [0.5, 0.6) is 0 Å². The summed E-state index contributed by atoms with van der Waals surface area (Å²) < 4.78 is 10.3. The molecule has 2 amide bonds. The minimum absolute atomic E-state index is 0.00927. The molecule has 0 unspecified atom stereocenters. The number of furan rings is 1. The molecule has 2 aliphatic heterocycles. The number of likely N-dealkylation sites (tertiary alicyclic amines) is 2. The van der Waals surface area contributed by atoms with Gasteiger partial charge in [0.15, 0.2) is 5.76 Å². The second kappa shape index (κ2) is 9.37. The molecule has 0 bridgehead atoms. The fourth-order valence-corrected chi connectivity index (χ4v) is 4.14. The summed E-state index contributed by atoms with van der Waals surface area (Å²) in [4.78, 5) is 29.3. The van der Waals surface area contributed by atoms with Crippen molar-refractivity contribution < 1.29 is 18.7 Å². The van der Waals surface area contributed by atoms with Crippen molar-refractivity contribution in [3.05, 3.63) is 23.7 Å². The summed E-state index contributed by atoms with van der Waals surface area (Å²) in [6, 6.07) is 2.27. The second-order valence-corrected chi connectivity index (χ2v) is 7.57. The fraction of sp³-hybridized carbons (Fsp3) is 0.700. The molecular weight excluding hydrogens is 346 g/mol. The molecule has 3 rings (SSSR count). The molecule has 0 spiro atoms. The van der Waals surface area contributed by atoms with Gasteiger partial charge in [-0.1, -0.05) is 0 Å². The van der Waals surface area contributed by atoms with Crippen LogP contribution in [-0.4, -0.2) is 74.1 Å². The van der Waals surface area contributed by atoms with Gasteiger partial charge in [0.2, 0.25) is 5.91 Å². The van der Waals surface area contributed by atoms with Gasteiger partial charge in [-0.15, -0.1) is 0 Å². The first kappa shape index (κ1) is 19.9. The van der Waals surface area contributed by atoms with E-state index in [1.54, 1.807) is 13.4 Å². The van der Waals surface area contributed by atoms with E-state index >= 15 is 0 Å². The van der Waals surface area contributed by atoms with Crippen molar-refractivity contribution in [3.63, 3.8) is 0 Å². The van der Waals surface area contributed by atoms with Crippen LogP contribution in [0.3, 0.4) is 0 Å². The van der Waals surface area contributed by atoms with Crippen LogP contribution < -0.4 is 5.32 Å². The van der Waals surface area contributed by atoms with Crippen molar-refractivity contribution in [2.24, 2.45) is 5.92 Å². The van der Waals surface area contributed by atoms with Gasteiger partial charge in [-0.25, -0.2) is 0 Å². The third-order valence-electron chi connectivity index (χ3n) is 5.75. The van der Waals surface area contributed by atoms with E-state index in [0.717, 1.165) is 57.4 Å². The summed E-state index contributed by atoms with van der Waals surface area (Å²) in [5.74, 6) is 0.642. The quantitative estimate of drug-likeness (QED) is 0.764. The second-order valence-electron chi connectivity index (χ2n) is 7.57. The fourth-order valence-electron chi connectivity index (χ4n) is 4.14. The van der Waals surface area contributed by atoms with E-state index in [2.05, 4.69) is 10.2 Å². The smallest absolute Gasteiger partial charge is 0.289 e. The molecular formula is C20H31N3O4. The Morgan fingerprint density at radius 1 is 1.26 bits per heavy atom. The molecule has 2 aliphatic rings. The van der Waals surface area contributed by atoms with E-state index in [4.69, 9.17) is 9.15 Å². The van der Waals surface area contributed by atoms with Gasteiger partial charge in [0, 0.05) is 44.9 Å². The number of nitrogens with zero attached hydrogens (tertiary/aromatic N) is 2. The number of nitrogens with one attached hydrogen (secondary N) is 1. The Bertz CT molecular complexity index is 637. The lowest BCUT2D eigenvalue weighted by Gasteiger charge is -2.41. The number of piperidine rings is 2. The van der Waals surface area contributed by atoms with Crippen LogP contribution in [0.2, 0.25) is 0 Å². The minimum Gasteiger partial charge on any atom is -0.459 e. The molecule has 7 nitrogen and oxygen atoms in total. The monoisotopic (exact) mass is 377 g/mol. The van der Waals surface area contributed by atoms with Crippen molar-refractivity contribution in [1.82, 2.24) is 15.1 Å². The molecule has 0 aromatic carbocycles. The molecule has 1 atom stereocenters. The Labute approximate surface area is 161 Å². The SMILES string of the molecule is COCCNC(=O)[C@H]1CCCN(C2CCN(C(=O)c3occc3C)CC2)C1. The highest BCUT2D eigenvalue weighted by molar-refractivity contribution is 5.92. The number of aryl methyl sites for hydroxylation is 1. The Balaban J connectivity index is 1.48. The van der Waals surface area contributed by atoms with Crippen molar-refractivity contribution in [1.29, 1.82) is 0 Å². The molecule has 2 saturated heterocycles. The van der Waals surface area contributed by atoms with Crippen molar-refractivity contribution in [2.45, 2.75) is 38.6 Å². The average molecular weight is 377 g/mol. The van der Waals surface area contributed by atoms with Crippen molar-refractivity contribution >= 4 is 11.8 Å². The molecule has 1 N–H and O–H groups in total. The summed E-state index contributed by atoms with van der Waals surface area (Å²) in [7, 11) is 1.64. The maximum Gasteiger partial charge on any atom is 0.289 e. The normalized spacial score (nSPS) is 22.0. The molecule has 150 valence electrons. The number of carbonyl (C=O) groups is 2. The van der Waals surface area contributed by atoms with Gasteiger partial charge in [-0.3, -0.25) is 14.5 Å². The zero-order valence-electron chi connectivity index (χ0n) is 16.4. The molecule has 1 aromatic heterocycles. The number of hydrogen-bond donors (Lipinski definition) is 1. The molecule has 1 aromatic rings. The summed E-state index contributed by atoms with van der Waals surface area (Å²) in [5, 5.41) is 2.97. The number of amides is 2. The van der Waals surface area contributed by atoms with Crippen molar-refractivity contribution in [3.8, 4) is 0 Å². The third-order valence-corrected chi connectivity index (χ3v) is 5.75. The van der Waals surface area contributed by atoms with Gasteiger partial charge >= 0.3 is 0 Å². The van der Waals surface area contributed by atoms with Crippen LogP contribution in [0.15, 0.2) is 16.7 Å². The highest BCUT2D eigenvalue weighted by atomic mass is 16.5. The molecule has 0 radical (unpaired) electrons. The van der Waals surface area contributed by atoms with Crippen LogP contribution in [0, 0.1) is 12.8 Å². The van der Waals surface area contributed by atoms with E-state index in [0.29, 0.717) is 25.0 Å². The number of rotatable bonds is 6. The molecule has 27 heavy (non-hydrogen) atoms. The lowest BCUT2D eigenvalue weighted by atomic mass is 9.93. The molecule has 3 heterocycles. The summed E-state index contributed by atoms with van der Waals surface area (Å²) in [6.07, 6.45) is 5.46. The zero-order chi connectivity index (χ0) is 19.2. The lowest BCUT2D eigenvalue weighted by Crippen LogP contribution is -2.51. The number of ether oxygens (including phenoxy) is 1. The van der Waals surface area contributed by atoms with Gasteiger partial charge in [-0.2, -0.15) is 0 Å².